The first-order chi connectivity index (χ1) is 29.6. The van der Waals surface area contributed by atoms with Crippen molar-refractivity contribution in [3.05, 3.63) is 206 Å². The van der Waals surface area contributed by atoms with Gasteiger partial charge < -0.3 is 4.42 Å². The van der Waals surface area contributed by atoms with Crippen LogP contribution in [0.4, 0.5) is 0 Å². The first-order valence-electron chi connectivity index (χ1n) is 20.6. The smallest absolute Gasteiger partial charge is 0.164 e. The maximum atomic E-state index is 6.54. The second-order valence-corrected chi connectivity index (χ2v) is 15.6. The Morgan fingerprint density at radius 3 is 1.67 bits per heavy atom. The van der Waals surface area contributed by atoms with Gasteiger partial charge in [-0.1, -0.05) is 189 Å². The number of allylic oxidation sites excluding steroid dienone is 4. The minimum atomic E-state index is 0.474. The molecule has 1 aliphatic carbocycles. The van der Waals surface area contributed by atoms with Crippen LogP contribution in [0.2, 0.25) is 0 Å². The number of hydrogen-bond donors (Lipinski definition) is 0. The van der Waals surface area contributed by atoms with Crippen LogP contribution in [0.5, 0.6) is 0 Å². The fraction of sp³-hybridized carbons (Fsp3) is 0.0536. The van der Waals surface area contributed by atoms with Gasteiger partial charge >= 0.3 is 0 Å². The second kappa shape index (κ2) is 14.9. The van der Waals surface area contributed by atoms with E-state index in [1.165, 1.54) is 44.2 Å². The summed E-state index contributed by atoms with van der Waals surface area (Å²) < 4.78 is 6.54. The molecule has 0 N–H and O–H groups in total. The third kappa shape index (κ3) is 6.39. The van der Waals surface area contributed by atoms with Crippen molar-refractivity contribution in [1.29, 1.82) is 0 Å². The van der Waals surface area contributed by atoms with Crippen LogP contribution in [0.15, 0.2) is 205 Å². The Kier molecular flexibility index (Phi) is 8.82. The van der Waals surface area contributed by atoms with Gasteiger partial charge in [-0.15, -0.1) is 0 Å². The molecular weight excluding hydrogens is 731 g/mol. The van der Waals surface area contributed by atoms with Gasteiger partial charge in [0.1, 0.15) is 11.2 Å². The average molecular weight is 770 g/mol. The van der Waals surface area contributed by atoms with Crippen LogP contribution in [0.25, 0.3) is 106 Å². The molecule has 0 amide bonds. The molecule has 0 fully saturated rings. The molecule has 0 saturated carbocycles. The second-order valence-electron chi connectivity index (χ2n) is 15.6. The van der Waals surface area contributed by atoms with E-state index < -0.39 is 0 Å². The van der Waals surface area contributed by atoms with Crippen LogP contribution in [0.1, 0.15) is 18.9 Å². The van der Waals surface area contributed by atoms with Gasteiger partial charge in [0.15, 0.2) is 17.5 Å². The zero-order valence-corrected chi connectivity index (χ0v) is 33.1. The van der Waals surface area contributed by atoms with E-state index in [4.69, 9.17) is 19.4 Å². The number of benzene rings is 8. The summed E-state index contributed by atoms with van der Waals surface area (Å²) in [4.78, 5) is 15.4. The van der Waals surface area contributed by atoms with Gasteiger partial charge in [-0.05, 0) is 85.8 Å². The molecule has 10 aromatic rings. The first kappa shape index (κ1) is 35.5. The molecule has 0 saturated heterocycles. The minimum absolute atomic E-state index is 0.474. The SMILES string of the molecule is CC1CC=CC=C1c1ccc(-c2nc(-c3ccccc3)nc(-c3cccc4oc5ccc(-c6ccc(-c7ccc(-c8ccccc8)cc7)c7ccccc67)cc5c34)n2)cc1. The van der Waals surface area contributed by atoms with Crippen molar-refractivity contribution in [3.8, 4) is 67.5 Å². The molecule has 8 aromatic carbocycles. The minimum Gasteiger partial charge on any atom is -0.456 e. The van der Waals surface area contributed by atoms with Crippen molar-refractivity contribution in [2.75, 3.05) is 0 Å². The Morgan fingerprint density at radius 2 is 0.967 bits per heavy atom. The van der Waals surface area contributed by atoms with Crippen LogP contribution in [-0.4, -0.2) is 15.0 Å². The molecule has 4 heteroatoms. The number of furan rings is 1. The van der Waals surface area contributed by atoms with Crippen molar-refractivity contribution in [1.82, 2.24) is 15.0 Å². The van der Waals surface area contributed by atoms with E-state index in [9.17, 15) is 0 Å². The van der Waals surface area contributed by atoms with Gasteiger partial charge in [-0.25, -0.2) is 15.0 Å². The molecule has 11 rings (SSSR count). The lowest BCUT2D eigenvalue weighted by Crippen LogP contribution is -2.02. The van der Waals surface area contributed by atoms with Crippen LogP contribution in [-0.2, 0) is 0 Å². The molecule has 0 aliphatic heterocycles. The number of hydrogen-bond acceptors (Lipinski definition) is 4. The summed E-state index contributed by atoms with van der Waals surface area (Å²) in [7, 11) is 0. The average Bonchev–Trinajstić information content (AvgIpc) is 3.70. The highest BCUT2D eigenvalue weighted by atomic mass is 16.3. The van der Waals surface area contributed by atoms with E-state index >= 15 is 0 Å². The van der Waals surface area contributed by atoms with E-state index in [1.54, 1.807) is 0 Å². The Hall–Kier alpha value is -7.69. The van der Waals surface area contributed by atoms with Crippen molar-refractivity contribution in [2.24, 2.45) is 5.92 Å². The van der Waals surface area contributed by atoms with Gasteiger partial charge in [-0.3, -0.25) is 0 Å². The Balaban J connectivity index is 1.02. The lowest BCUT2D eigenvalue weighted by Gasteiger charge is -2.17. The Morgan fingerprint density at radius 1 is 0.417 bits per heavy atom. The summed E-state index contributed by atoms with van der Waals surface area (Å²) in [5.74, 6) is 2.33. The van der Waals surface area contributed by atoms with Crippen molar-refractivity contribution >= 4 is 38.3 Å². The predicted molar refractivity (Wildman–Crippen MR) is 248 cm³/mol. The molecule has 0 radical (unpaired) electrons. The molecule has 60 heavy (non-hydrogen) atoms. The van der Waals surface area contributed by atoms with Crippen molar-refractivity contribution in [2.45, 2.75) is 13.3 Å². The van der Waals surface area contributed by atoms with E-state index in [2.05, 4.69) is 165 Å². The van der Waals surface area contributed by atoms with Gasteiger partial charge in [0.2, 0.25) is 0 Å². The van der Waals surface area contributed by atoms with Crippen molar-refractivity contribution in [3.63, 3.8) is 0 Å². The van der Waals surface area contributed by atoms with Crippen LogP contribution >= 0.6 is 0 Å². The van der Waals surface area contributed by atoms with Crippen LogP contribution < -0.4 is 0 Å². The number of rotatable bonds is 7. The van der Waals surface area contributed by atoms with E-state index in [1.807, 2.05) is 42.5 Å². The maximum Gasteiger partial charge on any atom is 0.164 e. The zero-order valence-electron chi connectivity index (χ0n) is 33.1. The number of fused-ring (bicyclic) bond motifs is 4. The van der Waals surface area contributed by atoms with E-state index in [-0.39, 0.29) is 0 Å². The third-order valence-electron chi connectivity index (χ3n) is 11.9. The molecule has 284 valence electrons. The number of nitrogens with zero attached hydrogens (tertiary/aromatic N) is 3. The maximum absolute atomic E-state index is 6.54. The quantitative estimate of drug-likeness (QED) is 0.162. The highest BCUT2D eigenvalue weighted by Gasteiger charge is 2.20. The van der Waals surface area contributed by atoms with Gasteiger partial charge in [0, 0.05) is 27.5 Å². The van der Waals surface area contributed by atoms with Crippen LogP contribution in [0.3, 0.4) is 0 Å². The molecule has 0 spiro atoms. The van der Waals surface area contributed by atoms with Crippen LogP contribution in [0, 0.1) is 5.92 Å². The molecule has 1 atom stereocenters. The molecule has 0 bridgehead atoms. The molecule has 2 heterocycles. The Bertz CT molecular complexity index is 3270. The summed E-state index contributed by atoms with van der Waals surface area (Å²) in [5, 5.41) is 4.40. The van der Waals surface area contributed by atoms with Gasteiger partial charge in [-0.2, -0.15) is 0 Å². The summed E-state index contributed by atoms with van der Waals surface area (Å²) in [6.45, 7) is 2.28. The van der Waals surface area contributed by atoms with E-state index in [0.717, 1.165) is 56.2 Å². The highest BCUT2D eigenvalue weighted by Crippen LogP contribution is 2.41. The fourth-order valence-electron chi connectivity index (χ4n) is 8.74. The summed E-state index contributed by atoms with van der Waals surface area (Å²) in [6.07, 6.45) is 7.66. The third-order valence-corrected chi connectivity index (χ3v) is 11.9. The first-order valence-corrected chi connectivity index (χ1v) is 20.6. The van der Waals surface area contributed by atoms with E-state index in [0.29, 0.717) is 23.4 Å². The monoisotopic (exact) mass is 769 g/mol. The molecule has 2 aromatic heterocycles. The van der Waals surface area contributed by atoms with Crippen molar-refractivity contribution < 1.29 is 4.42 Å². The lowest BCUT2D eigenvalue weighted by atomic mass is 9.88. The Labute approximate surface area is 348 Å². The van der Waals surface area contributed by atoms with Gasteiger partial charge in [0.05, 0.1) is 0 Å². The normalized spacial score (nSPS) is 13.9. The topological polar surface area (TPSA) is 51.8 Å². The zero-order chi connectivity index (χ0) is 40.0. The van der Waals surface area contributed by atoms with Gasteiger partial charge in [0.25, 0.3) is 0 Å². The summed E-state index contributed by atoms with van der Waals surface area (Å²) in [6, 6.07) is 64.1. The molecule has 4 nitrogen and oxygen atoms in total. The fourth-order valence-corrected chi connectivity index (χ4v) is 8.74. The molecule has 1 unspecified atom stereocenters. The molecule has 1 aliphatic rings. The summed E-state index contributed by atoms with van der Waals surface area (Å²) >= 11 is 0. The highest BCUT2D eigenvalue weighted by molar-refractivity contribution is 6.14. The standard InChI is InChI=1S/C56H39N3O/c1-36-13-8-9-18-44(36)39-27-29-42(30-28-39)55-57-54(41-16-6-3-7-17-41)58-56(59-55)49-21-12-22-52-53(49)50-35-43(31-34-51(50)60-52)46-33-32-45(47-19-10-11-20-48(46)47)40-25-23-38(24-26-40)37-14-4-2-5-15-37/h2-12,14-36H,13H2,1H3. The summed E-state index contributed by atoms with van der Waals surface area (Å²) in [5.41, 5.74) is 14.0. The largest absolute Gasteiger partial charge is 0.456 e. The number of aromatic nitrogens is 3. The molecular formula is C56H39N3O. The predicted octanol–water partition coefficient (Wildman–Crippen LogP) is 14.9. The lowest BCUT2D eigenvalue weighted by molar-refractivity contribution is 0.669.